The number of amides is 1. The Hall–Kier alpha value is -2.40. The van der Waals surface area contributed by atoms with E-state index >= 15 is 0 Å². The SMILES string of the molecule is COc1cc(C(=O)N(C)C[C@@H]2Cc3ccccc3CN2C)ccc1F. The van der Waals surface area contributed by atoms with E-state index in [1.54, 1.807) is 11.9 Å². The summed E-state index contributed by atoms with van der Waals surface area (Å²) in [7, 11) is 5.26. The smallest absolute Gasteiger partial charge is 0.253 e. The van der Waals surface area contributed by atoms with Gasteiger partial charge in [-0.25, -0.2) is 4.39 Å². The van der Waals surface area contributed by atoms with Gasteiger partial charge in [0.05, 0.1) is 7.11 Å². The van der Waals surface area contributed by atoms with E-state index in [9.17, 15) is 9.18 Å². The number of halogens is 1. The van der Waals surface area contributed by atoms with Crippen LogP contribution in [0.5, 0.6) is 5.75 Å². The minimum Gasteiger partial charge on any atom is -0.494 e. The Kier molecular flexibility index (Phi) is 5.04. The molecule has 0 fully saturated rings. The first-order valence-electron chi connectivity index (χ1n) is 8.35. The third-order valence-electron chi connectivity index (χ3n) is 4.85. The lowest BCUT2D eigenvalue weighted by molar-refractivity contribution is 0.0733. The third-order valence-corrected chi connectivity index (χ3v) is 4.85. The van der Waals surface area contributed by atoms with Crippen LogP contribution in [0.4, 0.5) is 4.39 Å². The van der Waals surface area contributed by atoms with Gasteiger partial charge < -0.3 is 9.64 Å². The van der Waals surface area contributed by atoms with Gasteiger partial charge in [0.15, 0.2) is 11.6 Å². The summed E-state index contributed by atoms with van der Waals surface area (Å²) >= 11 is 0. The highest BCUT2D eigenvalue weighted by atomic mass is 19.1. The second kappa shape index (κ2) is 7.23. The maximum atomic E-state index is 13.5. The number of methoxy groups -OCH3 is 1. The number of ether oxygens (including phenoxy) is 1. The van der Waals surface area contributed by atoms with Gasteiger partial charge in [0.25, 0.3) is 5.91 Å². The molecule has 0 unspecified atom stereocenters. The number of benzene rings is 2. The van der Waals surface area contributed by atoms with Crippen LogP contribution in [0.1, 0.15) is 21.5 Å². The van der Waals surface area contributed by atoms with Crippen LogP contribution in [0, 0.1) is 5.82 Å². The second-order valence-electron chi connectivity index (χ2n) is 6.58. The van der Waals surface area contributed by atoms with Crippen LogP contribution in [-0.4, -0.2) is 49.5 Å². The first-order chi connectivity index (χ1) is 12.0. The zero-order valence-electron chi connectivity index (χ0n) is 14.8. The molecule has 132 valence electrons. The molecule has 5 heteroatoms. The number of nitrogens with zero attached hydrogens (tertiary/aromatic N) is 2. The summed E-state index contributed by atoms with van der Waals surface area (Å²) in [6.45, 7) is 1.50. The average Bonchev–Trinajstić information content (AvgIpc) is 2.62. The minimum atomic E-state index is -0.467. The molecule has 0 bridgehead atoms. The van der Waals surface area contributed by atoms with E-state index in [-0.39, 0.29) is 17.7 Å². The summed E-state index contributed by atoms with van der Waals surface area (Å²) in [6.07, 6.45) is 0.914. The largest absolute Gasteiger partial charge is 0.494 e. The van der Waals surface area contributed by atoms with E-state index < -0.39 is 5.82 Å². The first-order valence-corrected chi connectivity index (χ1v) is 8.35. The zero-order chi connectivity index (χ0) is 18.0. The Morgan fingerprint density at radius 1 is 1.28 bits per heavy atom. The van der Waals surface area contributed by atoms with Crippen molar-refractivity contribution < 1.29 is 13.9 Å². The lowest BCUT2D eigenvalue weighted by Gasteiger charge is -2.36. The summed E-state index contributed by atoms with van der Waals surface area (Å²) in [5.41, 5.74) is 3.12. The number of hydrogen-bond donors (Lipinski definition) is 0. The molecule has 1 amide bonds. The van der Waals surface area contributed by atoms with Crippen LogP contribution in [0.2, 0.25) is 0 Å². The molecule has 0 aliphatic carbocycles. The van der Waals surface area contributed by atoms with Crippen molar-refractivity contribution in [1.82, 2.24) is 9.80 Å². The highest BCUT2D eigenvalue weighted by Crippen LogP contribution is 2.23. The molecule has 0 spiro atoms. The van der Waals surface area contributed by atoms with Gasteiger partial charge >= 0.3 is 0 Å². The normalized spacial score (nSPS) is 17.0. The highest BCUT2D eigenvalue weighted by molar-refractivity contribution is 5.94. The Labute approximate surface area is 147 Å². The number of carbonyl (C=O) groups is 1. The van der Waals surface area contributed by atoms with Crippen molar-refractivity contribution in [3.05, 3.63) is 65.0 Å². The fraction of sp³-hybridized carbons (Fsp3) is 0.350. The average molecular weight is 342 g/mol. The van der Waals surface area contributed by atoms with Crippen molar-refractivity contribution in [1.29, 1.82) is 0 Å². The topological polar surface area (TPSA) is 32.8 Å². The number of fused-ring (bicyclic) bond motifs is 1. The van der Waals surface area contributed by atoms with Gasteiger partial charge in [0.1, 0.15) is 0 Å². The number of carbonyl (C=O) groups excluding carboxylic acids is 1. The summed E-state index contributed by atoms with van der Waals surface area (Å²) in [6, 6.07) is 12.9. The van der Waals surface area contributed by atoms with E-state index in [2.05, 4.69) is 36.2 Å². The van der Waals surface area contributed by atoms with Crippen molar-refractivity contribution in [2.24, 2.45) is 0 Å². The van der Waals surface area contributed by atoms with Crippen LogP contribution in [0.15, 0.2) is 42.5 Å². The Balaban J connectivity index is 1.71. The molecule has 1 aliphatic rings. The van der Waals surface area contributed by atoms with E-state index in [0.717, 1.165) is 13.0 Å². The lowest BCUT2D eigenvalue weighted by Crippen LogP contribution is -2.46. The van der Waals surface area contributed by atoms with Crippen molar-refractivity contribution in [3.63, 3.8) is 0 Å². The molecule has 1 atom stereocenters. The fourth-order valence-electron chi connectivity index (χ4n) is 3.33. The molecule has 2 aromatic carbocycles. The molecule has 0 N–H and O–H groups in total. The second-order valence-corrected chi connectivity index (χ2v) is 6.58. The molecular weight excluding hydrogens is 319 g/mol. The van der Waals surface area contributed by atoms with Crippen molar-refractivity contribution >= 4 is 5.91 Å². The molecule has 0 aromatic heterocycles. The van der Waals surface area contributed by atoms with E-state index in [0.29, 0.717) is 12.1 Å². The molecule has 1 aliphatic heterocycles. The van der Waals surface area contributed by atoms with Crippen LogP contribution in [0.3, 0.4) is 0 Å². The third kappa shape index (κ3) is 3.66. The van der Waals surface area contributed by atoms with E-state index in [1.807, 2.05) is 0 Å². The predicted octanol–water partition coefficient (Wildman–Crippen LogP) is 2.96. The van der Waals surface area contributed by atoms with Gasteiger partial charge in [-0.15, -0.1) is 0 Å². The standard InChI is InChI=1S/C20H23FN2O2/c1-22-12-16-7-5-4-6-14(16)10-17(22)13-23(2)20(24)15-8-9-18(21)19(11-15)25-3/h4-9,11,17H,10,12-13H2,1-3H3/t17-/m0/s1. The van der Waals surface area contributed by atoms with Crippen LogP contribution >= 0.6 is 0 Å². The van der Waals surface area contributed by atoms with Crippen molar-refractivity contribution in [2.45, 2.75) is 19.0 Å². The molecule has 2 aromatic rings. The molecule has 1 heterocycles. The van der Waals surface area contributed by atoms with E-state index in [4.69, 9.17) is 4.74 Å². The number of rotatable bonds is 4. The van der Waals surface area contributed by atoms with Gasteiger partial charge in [-0.2, -0.15) is 0 Å². The molecule has 0 saturated heterocycles. The van der Waals surface area contributed by atoms with Gasteiger partial charge in [-0.3, -0.25) is 9.69 Å². The number of likely N-dealkylation sites (N-methyl/N-ethyl adjacent to an activating group) is 2. The molecular formula is C20H23FN2O2. The Bertz CT molecular complexity index is 778. The predicted molar refractivity (Wildman–Crippen MR) is 95.3 cm³/mol. The first kappa shape index (κ1) is 17.4. The lowest BCUT2D eigenvalue weighted by atomic mass is 9.94. The summed E-state index contributed by atoms with van der Waals surface area (Å²) < 4.78 is 18.5. The quantitative estimate of drug-likeness (QED) is 0.856. The van der Waals surface area contributed by atoms with Crippen LogP contribution < -0.4 is 4.74 Å². The van der Waals surface area contributed by atoms with Gasteiger partial charge in [-0.1, -0.05) is 24.3 Å². The molecule has 4 nitrogen and oxygen atoms in total. The highest BCUT2D eigenvalue weighted by Gasteiger charge is 2.26. The number of hydrogen-bond acceptors (Lipinski definition) is 3. The molecule has 25 heavy (non-hydrogen) atoms. The van der Waals surface area contributed by atoms with Crippen molar-refractivity contribution in [3.8, 4) is 5.75 Å². The Morgan fingerprint density at radius 2 is 2.00 bits per heavy atom. The fourth-order valence-corrected chi connectivity index (χ4v) is 3.33. The minimum absolute atomic E-state index is 0.0861. The van der Waals surface area contributed by atoms with Crippen LogP contribution in [-0.2, 0) is 13.0 Å². The monoisotopic (exact) mass is 342 g/mol. The van der Waals surface area contributed by atoms with Gasteiger partial charge in [0, 0.05) is 31.7 Å². The summed E-state index contributed by atoms with van der Waals surface area (Å²) in [4.78, 5) is 16.7. The van der Waals surface area contributed by atoms with Gasteiger partial charge in [0.2, 0.25) is 0 Å². The summed E-state index contributed by atoms with van der Waals surface area (Å²) in [5.74, 6) is -0.515. The van der Waals surface area contributed by atoms with Crippen molar-refractivity contribution in [2.75, 3.05) is 27.7 Å². The van der Waals surface area contributed by atoms with Gasteiger partial charge in [-0.05, 0) is 42.8 Å². The maximum Gasteiger partial charge on any atom is 0.253 e. The Morgan fingerprint density at radius 3 is 2.72 bits per heavy atom. The molecule has 0 saturated carbocycles. The molecule has 3 rings (SSSR count). The summed E-state index contributed by atoms with van der Waals surface area (Å²) in [5, 5.41) is 0. The zero-order valence-corrected chi connectivity index (χ0v) is 14.8. The maximum absolute atomic E-state index is 13.5. The molecule has 0 radical (unpaired) electrons. The van der Waals surface area contributed by atoms with Crippen LogP contribution in [0.25, 0.3) is 0 Å². The van der Waals surface area contributed by atoms with E-state index in [1.165, 1.54) is 36.4 Å².